The van der Waals surface area contributed by atoms with E-state index in [9.17, 15) is 9.18 Å². The maximum Gasteiger partial charge on any atom is 0.179 e. The number of ether oxygens (including phenoxy) is 1. The van der Waals surface area contributed by atoms with Gasteiger partial charge in [0.05, 0.1) is 23.8 Å². The summed E-state index contributed by atoms with van der Waals surface area (Å²) in [6.45, 7) is 7.60. The Kier molecular flexibility index (Phi) is 4.02. The highest BCUT2D eigenvalue weighted by atomic mass is 19.1. The molecule has 0 bridgehead atoms. The van der Waals surface area contributed by atoms with Crippen LogP contribution in [-0.4, -0.2) is 42.0 Å². The predicted octanol–water partition coefficient (Wildman–Crippen LogP) is 2.51. The number of ketones is 1. The average molecular weight is 265 g/mol. The Morgan fingerprint density at radius 1 is 1.47 bits per heavy atom. The summed E-state index contributed by atoms with van der Waals surface area (Å²) in [4.78, 5) is 14.2. The molecule has 1 aliphatic rings. The van der Waals surface area contributed by atoms with E-state index in [1.807, 2.05) is 25.7 Å². The first kappa shape index (κ1) is 14.2. The molecule has 0 amide bonds. The smallest absolute Gasteiger partial charge is 0.179 e. The van der Waals surface area contributed by atoms with Gasteiger partial charge in [0.1, 0.15) is 5.82 Å². The number of carbonyl (C=O) groups is 1. The van der Waals surface area contributed by atoms with E-state index in [1.54, 1.807) is 12.1 Å². The number of morpholine rings is 1. The van der Waals surface area contributed by atoms with Crippen LogP contribution in [0.2, 0.25) is 0 Å². The van der Waals surface area contributed by atoms with Crippen LogP contribution in [-0.2, 0) is 4.74 Å². The van der Waals surface area contributed by atoms with Crippen molar-refractivity contribution < 1.29 is 13.9 Å². The SMILES string of the molecule is CC1CN(CC(=O)c2ccccc2F)CC(C)(C)O1. The Labute approximate surface area is 113 Å². The van der Waals surface area contributed by atoms with E-state index in [1.165, 1.54) is 12.1 Å². The van der Waals surface area contributed by atoms with Crippen LogP contribution in [0.25, 0.3) is 0 Å². The molecule has 104 valence electrons. The Hall–Kier alpha value is -1.26. The zero-order valence-electron chi connectivity index (χ0n) is 11.6. The number of benzene rings is 1. The van der Waals surface area contributed by atoms with Crippen LogP contribution in [0.3, 0.4) is 0 Å². The molecule has 0 N–H and O–H groups in total. The molecule has 1 aromatic carbocycles. The van der Waals surface area contributed by atoms with Crippen LogP contribution in [0.5, 0.6) is 0 Å². The monoisotopic (exact) mass is 265 g/mol. The number of halogens is 1. The fraction of sp³-hybridized carbons (Fsp3) is 0.533. The van der Waals surface area contributed by atoms with Crippen molar-refractivity contribution in [2.24, 2.45) is 0 Å². The highest BCUT2D eigenvalue weighted by Crippen LogP contribution is 2.21. The molecule has 2 rings (SSSR count). The zero-order valence-corrected chi connectivity index (χ0v) is 11.6. The standard InChI is InChI=1S/C15H20FNO2/c1-11-8-17(10-15(2,3)19-11)9-14(18)12-6-4-5-7-13(12)16/h4-7,11H,8-10H2,1-3H3. The minimum absolute atomic E-state index is 0.0807. The molecule has 0 saturated carbocycles. The van der Waals surface area contributed by atoms with Gasteiger partial charge in [0.25, 0.3) is 0 Å². The van der Waals surface area contributed by atoms with Crippen molar-refractivity contribution in [2.45, 2.75) is 32.5 Å². The summed E-state index contributed by atoms with van der Waals surface area (Å²) >= 11 is 0. The van der Waals surface area contributed by atoms with Gasteiger partial charge in [0.2, 0.25) is 0 Å². The Morgan fingerprint density at radius 2 is 2.16 bits per heavy atom. The van der Waals surface area contributed by atoms with E-state index in [-0.39, 0.29) is 29.6 Å². The molecule has 4 heteroatoms. The summed E-state index contributed by atoms with van der Waals surface area (Å²) in [6.07, 6.45) is 0.0807. The van der Waals surface area contributed by atoms with E-state index in [2.05, 4.69) is 0 Å². The second-order valence-corrected chi connectivity index (χ2v) is 5.76. The van der Waals surface area contributed by atoms with Crippen molar-refractivity contribution in [1.29, 1.82) is 0 Å². The fourth-order valence-electron chi connectivity index (χ4n) is 2.68. The molecule has 1 fully saturated rings. The molecular weight excluding hydrogens is 245 g/mol. The summed E-state index contributed by atoms with van der Waals surface area (Å²) in [7, 11) is 0. The van der Waals surface area contributed by atoms with Crippen LogP contribution in [0.1, 0.15) is 31.1 Å². The summed E-state index contributed by atoms with van der Waals surface area (Å²) in [6, 6.07) is 6.13. The van der Waals surface area contributed by atoms with Gasteiger partial charge in [-0.2, -0.15) is 0 Å². The van der Waals surface area contributed by atoms with Crippen molar-refractivity contribution in [2.75, 3.05) is 19.6 Å². The summed E-state index contributed by atoms with van der Waals surface area (Å²) < 4.78 is 19.3. The molecule has 1 aliphatic heterocycles. The predicted molar refractivity (Wildman–Crippen MR) is 71.8 cm³/mol. The molecule has 1 unspecified atom stereocenters. The van der Waals surface area contributed by atoms with Crippen LogP contribution < -0.4 is 0 Å². The molecular formula is C15H20FNO2. The van der Waals surface area contributed by atoms with Gasteiger partial charge in [-0.05, 0) is 32.9 Å². The third-order valence-corrected chi connectivity index (χ3v) is 3.18. The molecule has 1 aromatic rings. The average Bonchev–Trinajstić information content (AvgIpc) is 2.26. The lowest BCUT2D eigenvalue weighted by molar-refractivity contribution is -0.126. The zero-order chi connectivity index (χ0) is 14.0. The number of hydrogen-bond donors (Lipinski definition) is 0. The first-order chi connectivity index (χ1) is 8.87. The normalized spacial score (nSPS) is 23.3. The summed E-state index contributed by atoms with van der Waals surface area (Å²) in [5, 5.41) is 0. The summed E-state index contributed by atoms with van der Waals surface area (Å²) in [5.41, 5.74) is -0.104. The van der Waals surface area contributed by atoms with Gasteiger partial charge in [-0.1, -0.05) is 12.1 Å². The quantitative estimate of drug-likeness (QED) is 0.786. The first-order valence-corrected chi connectivity index (χ1v) is 6.55. The van der Waals surface area contributed by atoms with Gasteiger partial charge in [-0.25, -0.2) is 4.39 Å². The lowest BCUT2D eigenvalue weighted by Crippen LogP contribution is -2.53. The van der Waals surface area contributed by atoms with E-state index < -0.39 is 5.82 Å². The first-order valence-electron chi connectivity index (χ1n) is 6.55. The molecule has 1 heterocycles. The minimum Gasteiger partial charge on any atom is -0.370 e. The minimum atomic E-state index is -0.451. The van der Waals surface area contributed by atoms with Gasteiger partial charge < -0.3 is 4.74 Å². The maximum absolute atomic E-state index is 13.6. The van der Waals surface area contributed by atoms with Crippen LogP contribution in [0.4, 0.5) is 4.39 Å². The number of hydrogen-bond acceptors (Lipinski definition) is 3. The van der Waals surface area contributed by atoms with Gasteiger partial charge >= 0.3 is 0 Å². The Balaban J connectivity index is 2.05. The highest BCUT2D eigenvalue weighted by Gasteiger charge is 2.32. The van der Waals surface area contributed by atoms with E-state index in [0.717, 1.165) is 0 Å². The largest absolute Gasteiger partial charge is 0.370 e. The molecule has 19 heavy (non-hydrogen) atoms. The molecule has 0 aliphatic carbocycles. The van der Waals surface area contributed by atoms with E-state index >= 15 is 0 Å². The Bertz CT molecular complexity index is 473. The number of nitrogens with zero attached hydrogens (tertiary/aromatic N) is 1. The molecule has 0 aromatic heterocycles. The molecule has 0 spiro atoms. The van der Waals surface area contributed by atoms with Crippen LogP contribution >= 0.6 is 0 Å². The van der Waals surface area contributed by atoms with Crippen molar-refractivity contribution in [3.63, 3.8) is 0 Å². The number of rotatable bonds is 3. The lowest BCUT2D eigenvalue weighted by Gasteiger charge is -2.41. The van der Waals surface area contributed by atoms with Crippen molar-refractivity contribution >= 4 is 5.78 Å². The van der Waals surface area contributed by atoms with Gasteiger partial charge in [-0.15, -0.1) is 0 Å². The van der Waals surface area contributed by atoms with E-state index in [0.29, 0.717) is 13.1 Å². The number of carbonyl (C=O) groups excluding carboxylic acids is 1. The van der Waals surface area contributed by atoms with Gasteiger partial charge in [0, 0.05) is 13.1 Å². The van der Waals surface area contributed by atoms with Crippen molar-refractivity contribution in [1.82, 2.24) is 4.90 Å². The lowest BCUT2D eigenvalue weighted by atomic mass is 10.0. The highest BCUT2D eigenvalue weighted by molar-refractivity contribution is 5.97. The van der Waals surface area contributed by atoms with Crippen LogP contribution in [0.15, 0.2) is 24.3 Å². The second-order valence-electron chi connectivity index (χ2n) is 5.76. The molecule has 0 radical (unpaired) electrons. The maximum atomic E-state index is 13.6. The van der Waals surface area contributed by atoms with Gasteiger partial charge in [-0.3, -0.25) is 9.69 Å². The molecule has 3 nitrogen and oxygen atoms in total. The van der Waals surface area contributed by atoms with Crippen LogP contribution in [0, 0.1) is 5.82 Å². The fourth-order valence-corrected chi connectivity index (χ4v) is 2.68. The van der Waals surface area contributed by atoms with Crippen molar-refractivity contribution in [3.05, 3.63) is 35.6 Å². The van der Waals surface area contributed by atoms with E-state index in [4.69, 9.17) is 4.74 Å². The molecule has 1 atom stereocenters. The number of Topliss-reactive ketones (excluding diaryl/α,β-unsaturated/α-hetero) is 1. The third kappa shape index (κ3) is 3.61. The molecule has 1 saturated heterocycles. The Morgan fingerprint density at radius 3 is 2.79 bits per heavy atom. The summed E-state index contributed by atoms with van der Waals surface area (Å²) in [5.74, 6) is -0.629. The van der Waals surface area contributed by atoms with Gasteiger partial charge in [0.15, 0.2) is 5.78 Å². The topological polar surface area (TPSA) is 29.5 Å². The second kappa shape index (κ2) is 5.39. The van der Waals surface area contributed by atoms with Crippen molar-refractivity contribution in [3.8, 4) is 0 Å². The third-order valence-electron chi connectivity index (χ3n) is 3.18.